The van der Waals surface area contributed by atoms with Gasteiger partial charge in [-0.1, -0.05) is 13.0 Å². The number of allylic oxidation sites excluding steroid dienone is 3. The first-order valence-corrected chi connectivity index (χ1v) is 7.29. The molecule has 0 aromatic carbocycles. The molecule has 2 aliphatic rings. The molecule has 1 saturated heterocycles. The van der Waals surface area contributed by atoms with Crippen LogP contribution >= 0.6 is 0 Å². The standard InChI is InChI=1S/C15H22F4N2/c1-10-8-12(15(17,18)19)14(13(16)9-10)21-6-4-11(5-7-21)20(2)3/h8,10-11H,4-7,9H2,1-3H3. The molecular weight excluding hydrogens is 284 g/mol. The molecule has 1 aliphatic heterocycles. The summed E-state index contributed by atoms with van der Waals surface area (Å²) in [5.74, 6) is -1.04. The van der Waals surface area contributed by atoms with E-state index in [-0.39, 0.29) is 12.1 Å². The fourth-order valence-electron chi connectivity index (χ4n) is 3.12. The minimum Gasteiger partial charge on any atom is -0.369 e. The molecule has 2 rings (SSSR count). The van der Waals surface area contributed by atoms with Gasteiger partial charge in [0.1, 0.15) is 5.83 Å². The summed E-state index contributed by atoms with van der Waals surface area (Å²) in [5.41, 5.74) is -1.03. The lowest BCUT2D eigenvalue weighted by Gasteiger charge is -2.39. The largest absolute Gasteiger partial charge is 0.418 e. The zero-order valence-electron chi connectivity index (χ0n) is 12.7. The highest BCUT2D eigenvalue weighted by molar-refractivity contribution is 5.39. The van der Waals surface area contributed by atoms with Crippen molar-refractivity contribution in [1.29, 1.82) is 0 Å². The molecule has 0 bridgehead atoms. The Morgan fingerprint density at radius 2 is 1.76 bits per heavy atom. The summed E-state index contributed by atoms with van der Waals surface area (Å²) in [6.07, 6.45) is -1.77. The van der Waals surface area contributed by atoms with Crippen LogP contribution in [0.15, 0.2) is 23.2 Å². The highest BCUT2D eigenvalue weighted by Crippen LogP contribution is 2.41. The van der Waals surface area contributed by atoms with Crippen LogP contribution in [-0.2, 0) is 0 Å². The number of halogens is 4. The zero-order chi connectivity index (χ0) is 15.8. The van der Waals surface area contributed by atoms with E-state index < -0.39 is 23.5 Å². The van der Waals surface area contributed by atoms with E-state index in [1.54, 1.807) is 11.8 Å². The minimum atomic E-state index is -4.50. The van der Waals surface area contributed by atoms with Crippen molar-refractivity contribution in [3.63, 3.8) is 0 Å². The Balaban J connectivity index is 2.21. The van der Waals surface area contributed by atoms with Gasteiger partial charge in [-0.05, 0) is 32.9 Å². The van der Waals surface area contributed by atoms with Gasteiger partial charge in [-0.2, -0.15) is 13.2 Å². The molecule has 1 atom stereocenters. The summed E-state index contributed by atoms with van der Waals surface area (Å²) < 4.78 is 53.8. The Labute approximate surface area is 123 Å². The number of hydrogen-bond donors (Lipinski definition) is 0. The second-order valence-corrected chi connectivity index (χ2v) is 6.19. The quantitative estimate of drug-likeness (QED) is 0.717. The number of likely N-dealkylation sites (tertiary alicyclic amines) is 1. The second-order valence-electron chi connectivity index (χ2n) is 6.19. The number of piperidine rings is 1. The van der Waals surface area contributed by atoms with Gasteiger partial charge in [-0.25, -0.2) is 4.39 Å². The molecule has 0 aromatic heterocycles. The molecule has 1 unspecified atom stereocenters. The van der Waals surface area contributed by atoms with Crippen molar-refractivity contribution >= 4 is 0 Å². The Morgan fingerprint density at radius 3 is 2.24 bits per heavy atom. The third kappa shape index (κ3) is 3.59. The molecule has 1 heterocycles. The molecule has 0 saturated carbocycles. The summed E-state index contributed by atoms with van der Waals surface area (Å²) in [6.45, 7) is 2.54. The van der Waals surface area contributed by atoms with Crippen molar-refractivity contribution in [2.75, 3.05) is 27.2 Å². The smallest absolute Gasteiger partial charge is 0.369 e. The monoisotopic (exact) mass is 306 g/mol. The lowest BCUT2D eigenvalue weighted by Crippen LogP contribution is -2.43. The van der Waals surface area contributed by atoms with Crippen LogP contribution in [-0.4, -0.2) is 49.2 Å². The summed E-state index contributed by atoms with van der Waals surface area (Å²) in [5, 5.41) is 0. The average molecular weight is 306 g/mol. The Kier molecular flexibility index (Phi) is 4.66. The van der Waals surface area contributed by atoms with Gasteiger partial charge in [-0.3, -0.25) is 0 Å². The van der Waals surface area contributed by atoms with Gasteiger partial charge in [0.15, 0.2) is 0 Å². The summed E-state index contributed by atoms with van der Waals surface area (Å²) >= 11 is 0. The van der Waals surface area contributed by atoms with Crippen LogP contribution in [0.3, 0.4) is 0 Å². The van der Waals surface area contributed by atoms with Gasteiger partial charge >= 0.3 is 6.18 Å². The highest BCUT2D eigenvalue weighted by atomic mass is 19.4. The zero-order valence-corrected chi connectivity index (χ0v) is 12.7. The van der Waals surface area contributed by atoms with Crippen LogP contribution < -0.4 is 0 Å². The van der Waals surface area contributed by atoms with E-state index >= 15 is 0 Å². The van der Waals surface area contributed by atoms with Crippen molar-refractivity contribution in [2.24, 2.45) is 5.92 Å². The normalized spacial score (nSPS) is 25.6. The molecule has 0 aromatic rings. The van der Waals surface area contributed by atoms with Crippen molar-refractivity contribution in [1.82, 2.24) is 9.80 Å². The number of hydrogen-bond acceptors (Lipinski definition) is 2. The van der Waals surface area contributed by atoms with Crippen LogP contribution in [0, 0.1) is 5.92 Å². The number of nitrogens with zero attached hydrogens (tertiary/aromatic N) is 2. The van der Waals surface area contributed by atoms with E-state index in [1.165, 1.54) is 0 Å². The van der Waals surface area contributed by atoms with Gasteiger partial charge in [0.25, 0.3) is 0 Å². The van der Waals surface area contributed by atoms with Crippen LogP contribution in [0.25, 0.3) is 0 Å². The van der Waals surface area contributed by atoms with Crippen molar-refractivity contribution in [3.8, 4) is 0 Å². The van der Waals surface area contributed by atoms with E-state index in [0.29, 0.717) is 19.1 Å². The molecule has 1 aliphatic carbocycles. The molecule has 21 heavy (non-hydrogen) atoms. The van der Waals surface area contributed by atoms with Gasteiger partial charge in [0, 0.05) is 25.6 Å². The van der Waals surface area contributed by atoms with Crippen LogP contribution in [0.2, 0.25) is 0 Å². The minimum absolute atomic E-state index is 0.0581. The maximum Gasteiger partial charge on any atom is 0.418 e. The van der Waals surface area contributed by atoms with E-state index in [0.717, 1.165) is 18.9 Å². The molecule has 120 valence electrons. The lowest BCUT2D eigenvalue weighted by molar-refractivity contribution is -0.0931. The van der Waals surface area contributed by atoms with Crippen LogP contribution in [0.4, 0.5) is 17.6 Å². The van der Waals surface area contributed by atoms with Crippen LogP contribution in [0.5, 0.6) is 0 Å². The average Bonchev–Trinajstić information content (AvgIpc) is 2.37. The Morgan fingerprint density at radius 1 is 1.19 bits per heavy atom. The Hall–Kier alpha value is -1.04. The van der Waals surface area contributed by atoms with Crippen LogP contribution in [0.1, 0.15) is 26.2 Å². The van der Waals surface area contributed by atoms with Crippen molar-refractivity contribution in [2.45, 2.75) is 38.4 Å². The fraction of sp³-hybridized carbons (Fsp3) is 0.733. The third-order valence-electron chi connectivity index (χ3n) is 4.28. The molecule has 0 spiro atoms. The van der Waals surface area contributed by atoms with E-state index in [1.807, 2.05) is 14.1 Å². The molecule has 0 amide bonds. The summed E-state index contributed by atoms with van der Waals surface area (Å²) in [4.78, 5) is 3.64. The summed E-state index contributed by atoms with van der Waals surface area (Å²) in [7, 11) is 3.92. The fourth-order valence-corrected chi connectivity index (χ4v) is 3.12. The first kappa shape index (κ1) is 16.3. The molecular formula is C15H22F4N2. The molecule has 1 fully saturated rings. The maximum absolute atomic E-state index is 14.2. The van der Waals surface area contributed by atoms with Crippen molar-refractivity contribution < 1.29 is 17.6 Å². The number of rotatable bonds is 2. The van der Waals surface area contributed by atoms with Gasteiger partial charge < -0.3 is 9.80 Å². The molecule has 0 N–H and O–H groups in total. The predicted molar refractivity (Wildman–Crippen MR) is 74.3 cm³/mol. The first-order valence-electron chi connectivity index (χ1n) is 7.29. The van der Waals surface area contributed by atoms with Gasteiger partial charge in [0.2, 0.25) is 0 Å². The molecule has 6 heteroatoms. The van der Waals surface area contributed by atoms with E-state index in [4.69, 9.17) is 0 Å². The Bertz CT molecular complexity index is 443. The first-order chi connectivity index (χ1) is 9.70. The lowest BCUT2D eigenvalue weighted by atomic mass is 9.91. The SMILES string of the molecule is CC1C=C(C(F)(F)F)C(N2CCC(N(C)C)CC2)=C(F)C1. The van der Waals surface area contributed by atoms with Gasteiger partial charge in [0.05, 0.1) is 11.3 Å². The molecule has 2 nitrogen and oxygen atoms in total. The third-order valence-corrected chi connectivity index (χ3v) is 4.28. The van der Waals surface area contributed by atoms with E-state index in [2.05, 4.69) is 4.90 Å². The number of alkyl halides is 3. The molecule has 0 radical (unpaired) electrons. The van der Waals surface area contributed by atoms with E-state index in [9.17, 15) is 17.6 Å². The highest BCUT2D eigenvalue weighted by Gasteiger charge is 2.42. The summed E-state index contributed by atoms with van der Waals surface area (Å²) in [6, 6.07) is 0.353. The predicted octanol–water partition coefficient (Wildman–Crippen LogP) is 3.72. The maximum atomic E-state index is 14.2. The second kappa shape index (κ2) is 5.99. The van der Waals surface area contributed by atoms with Gasteiger partial charge in [-0.15, -0.1) is 0 Å². The topological polar surface area (TPSA) is 6.48 Å². The van der Waals surface area contributed by atoms with Crippen molar-refractivity contribution in [3.05, 3.63) is 23.2 Å².